The maximum Gasteiger partial charge on any atom is 0.224 e. The highest BCUT2D eigenvalue weighted by Crippen LogP contribution is 2.27. The van der Waals surface area contributed by atoms with Crippen LogP contribution in [-0.4, -0.2) is 17.4 Å². The Morgan fingerprint density at radius 3 is 2.80 bits per heavy atom. The van der Waals surface area contributed by atoms with Crippen molar-refractivity contribution < 1.29 is 9.53 Å². The number of aromatic nitrogens is 1. The fraction of sp³-hybridized carbons (Fsp3) is 0.200. The molecule has 0 unspecified atom stereocenters. The predicted molar refractivity (Wildman–Crippen MR) is 103 cm³/mol. The molecule has 3 rings (SSSR count). The first-order chi connectivity index (χ1) is 12.1. The zero-order chi connectivity index (χ0) is 17.8. The standard InChI is InChI=1S/C20H20N2O2S/c1-4-11-22(15(3)23)18-10-9-16(12-14(18)2)24-13-20-21-17-7-5-6-8-19(17)25-20/h4-10,12H,1,11,13H2,2-3H3. The van der Waals surface area contributed by atoms with Gasteiger partial charge in [-0.25, -0.2) is 4.98 Å². The van der Waals surface area contributed by atoms with E-state index in [2.05, 4.69) is 17.6 Å². The van der Waals surface area contributed by atoms with Gasteiger partial charge in [-0.15, -0.1) is 17.9 Å². The molecule has 0 N–H and O–H groups in total. The number of rotatable bonds is 6. The van der Waals surface area contributed by atoms with Crippen molar-refractivity contribution in [3.05, 3.63) is 65.7 Å². The molecule has 0 atom stereocenters. The van der Waals surface area contributed by atoms with Crippen LogP contribution in [0.15, 0.2) is 55.1 Å². The number of fused-ring (bicyclic) bond motifs is 1. The summed E-state index contributed by atoms with van der Waals surface area (Å²) < 4.78 is 7.04. The number of hydrogen-bond acceptors (Lipinski definition) is 4. The van der Waals surface area contributed by atoms with Crippen LogP contribution in [0.25, 0.3) is 10.2 Å². The number of benzene rings is 2. The van der Waals surface area contributed by atoms with Crippen LogP contribution in [0.2, 0.25) is 0 Å². The first kappa shape index (κ1) is 17.2. The number of aryl methyl sites for hydroxylation is 1. The monoisotopic (exact) mass is 352 g/mol. The number of thiazole rings is 1. The maximum absolute atomic E-state index is 11.8. The molecule has 4 nitrogen and oxygen atoms in total. The van der Waals surface area contributed by atoms with Gasteiger partial charge in [0, 0.05) is 19.2 Å². The number of hydrogen-bond donors (Lipinski definition) is 0. The van der Waals surface area contributed by atoms with Crippen molar-refractivity contribution in [2.75, 3.05) is 11.4 Å². The minimum atomic E-state index is -0.00820. The van der Waals surface area contributed by atoms with Crippen LogP contribution < -0.4 is 9.64 Å². The summed E-state index contributed by atoms with van der Waals surface area (Å²) in [6, 6.07) is 13.8. The molecule has 128 valence electrons. The Balaban J connectivity index is 1.74. The van der Waals surface area contributed by atoms with E-state index in [0.717, 1.165) is 32.2 Å². The largest absolute Gasteiger partial charge is 0.486 e. The number of nitrogens with zero attached hydrogens (tertiary/aromatic N) is 2. The normalized spacial score (nSPS) is 10.6. The average molecular weight is 352 g/mol. The van der Waals surface area contributed by atoms with Crippen LogP contribution in [0.1, 0.15) is 17.5 Å². The third kappa shape index (κ3) is 3.88. The highest BCUT2D eigenvalue weighted by Gasteiger charge is 2.13. The molecule has 0 saturated carbocycles. The molecule has 0 aliphatic heterocycles. The van der Waals surface area contributed by atoms with Gasteiger partial charge in [-0.2, -0.15) is 0 Å². The molecule has 0 saturated heterocycles. The summed E-state index contributed by atoms with van der Waals surface area (Å²) in [5.74, 6) is 0.758. The summed E-state index contributed by atoms with van der Waals surface area (Å²) in [4.78, 5) is 18.1. The zero-order valence-electron chi connectivity index (χ0n) is 14.4. The molecule has 0 aliphatic carbocycles. The van der Waals surface area contributed by atoms with Crippen LogP contribution in [0.5, 0.6) is 5.75 Å². The van der Waals surface area contributed by atoms with Crippen LogP contribution in [0.4, 0.5) is 5.69 Å². The average Bonchev–Trinajstić information content (AvgIpc) is 3.01. The molecule has 0 aliphatic rings. The minimum Gasteiger partial charge on any atom is -0.486 e. The van der Waals surface area contributed by atoms with Gasteiger partial charge in [0.2, 0.25) is 5.91 Å². The Morgan fingerprint density at radius 1 is 1.32 bits per heavy atom. The van der Waals surface area contributed by atoms with Gasteiger partial charge in [-0.1, -0.05) is 18.2 Å². The van der Waals surface area contributed by atoms with Gasteiger partial charge in [0.1, 0.15) is 17.4 Å². The van der Waals surface area contributed by atoms with Gasteiger partial charge in [0.15, 0.2) is 0 Å². The molecule has 1 aromatic heterocycles. The van der Waals surface area contributed by atoms with Gasteiger partial charge in [-0.3, -0.25) is 4.79 Å². The fourth-order valence-electron chi connectivity index (χ4n) is 2.67. The summed E-state index contributed by atoms with van der Waals surface area (Å²) in [6.07, 6.45) is 1.72. The second-order valence-corrected chi connectivity index (χ2v) is 6.85. The van der Waals surface area contributed by atoms with E-state index in [4.69, 9.17) is 4.74 Å². The quantitative estimate of drug-likeness (QED) is 0.603. The van der Waals surface area contributed by atoms with Crippen molar-refractivity contribution in [1.29, 1.82) is 0 Å². The lowest BCUT2D eigenvalue weighted by Crippen LogP contribution is -2.29. The highest BCUT2D eigenvalue weighted by molar-refractivity contribution is 7.18. The molecular weight excluding hydrogens is 332 g/mol. The maximum atomic E-state index is 11.8. The Morgan fingerprint density at radius 2 is 2.12 bits per heavy atom. The Bertz CT molecular complexity index is 884. The van der Waals surface area contributed by atoms with Crippen molar-refractivity contribution in [3.63, 3.8) is 0 Å². The third-order valence-corrected chi connectivity index (χ3v) is 4.86. The number of carbonyl (C=O) groups is 1. The van der Waals surface area contributed by atoms with Crippen molar-refractivity contribution in [2.45, 2.75) is 20.5 Å². The second-order valence-electron chi connectivity index (χ2n) is 5.73. The lowest BCUT2D eigenvalue weighted by Gasteiger charge is -2.22. The van der Waals surface area contributed by atoms with E-state index in [1.165, 1.54) is 0 Å². The molecule has 1 heterocycles. The number of anilines is 1. The topological polar surface area (TPSA) is 42.4 Å². The van der Waals surface area contributed by atoms with E-state index >= 15 is 0 Å². The summed E-state index contributed by atoms with van der Waals surface area (Å²) in [7, 11) is 0. The summed E-state index contributed by atoms with van der Waals surface area (Å²) in [5, 5.41) is 0.944. The number of carbonyl (C=O) groups excluding carboxylic acids is 1. The van der Waals surface area contributed by atoms with Crippen molar-refractivity contribution in [1.82, 2.24) is 4.98 Å². The fourth-order valence-corrected chi connectivity index (χ4v) is 3.55. The van der Waals surface area contributed by atoms with Crippen LogP contribution in [-0.2, 0) is 11.4 Å². The molecule has 25 heavy (non-hydrogen) atoms. The molecule has 0 fully saturated rings. The summed E-state index contributed by atoms with van der Waals surface area (Å²) >= 11 is 1.64. The summed E-state index contributed by atoms with van der Waals surface area (Å²) in [5.41, 5.74) is 2.86. The molecule has 0 spiro atoms. The van der Waals surface area contributed by atoms with Gasteiger partial charge in [0.25, 0.3) is 0 Å². The van der Waals surface area contributed by atoms with Gasteiger partial charge >= 0.3 is 0 Å². The third-order valence-electron chi connectivity index (χ3n) is 3.85. The number of ether oxygens (including phenoxy) is 1. The SMILES string of the molecule is C=CCN(C(C)=O)c1ccc(OCc2nc3ccccc3s2)cc1C. The van der Waals surface area contributed by atoms with E-state index in [1.54, 1.807) is 29.2 Å². The van der Waals surface area contributed by atoms with Crippen LogP contribution >= 0.6 is 11.3 Å². The molecule has 0 bridgehead atoms. The lowest BCUT2D eigenvalue weighted by atomic mass is 10.1. The molecule has 3 aromatic rings. The molecule has 1 amide bonds. The Labute approximate surface area is 151 Å². The van der Waals surface area contributed by atoms with Crippen LogP contribution in [0, 0.1) is 6.92 Å². The molecular formula is C20H20N2O2S. The zero-order valence-corrected chi connectivity index (χ0v) is 15.2. The van der Waals surface area contributed by atoms with Crippen molar-refractivity contribution in [3.8, 4) is 5.75 Å². The first-order valence-corrected chi connectivity index (χ1v) is 8.87. The number of para-hydroxylation sites is 1. The second kappa shape index (κ2) is 7.49. The summed E-state index contributed by atoms with van der Waals surface area (Å²) in [6.45, 7) is 8.16. The van der Waals surface area contributed by atoms with Crippen molar-refractivity contribution >= 4 is 33.1 Å². The minimum absolute atomic E-state index is 0.00820. The predicted octanol–water partition coefficient (Wildman–Crippen LogP) is 4.72. The van der Waals surface area contributed by atoms with E-state index in [0.29, 0.717) is 13.2 Å². The number of amides is 1. The van der Waals surface area contributed by atoms with E-state index < -0.39 is 0 Å². The first-order valence-electron chi connectivity index (χ1n) is 8.05. The van der Waals surface area contributed by atoms with Crippen LogP contribution in [0.3, 0.4) is 0 Å². The van der Waals surface area contributed by atoms with Gasteiger partial charge < -0.3 is 9.64 Å². The lowest BCUT2D eigenvalue weighted by molar-refractivity contribution is -0.116. The van der Waals surface area contributed by atoms with Crippen molar-refractivity contribution in [2.24, 2.45) is 0 Å². The molecule has 2 aromatic carbocycles. The van der Waals surface area contributed by atoms with E-state index in [9.17, 15) is 4.79 Å². The Kier molecular flexibility index (Phi) is 5.14. The molecule has 5 heteroatoms. The van der Waals surface area contributed by atoms with Gasteiger partial charge in [-0.05, 0) is 42.8 Å². The van der Waals surface area contributed by atoms with E-state index in [1.807, 2.05) is 43.3 Å². The Hall–Kier alpha value is -2.66. The van der Waals surface area contributed by atoms with Gasteiger partial charge in [0.05, 0.1) is 10.2 Å². The molecule has 0 radical (unpaired) electrons. The highest BCUT2D eigenvalue weighted by atomic mass is 32.1. The smallest absolute Gasteiger partial charge is 0.224 e. The van der Waals surface area contributed by atoms with E-state index in [-0.39, 0.29) is 5.91 Å².